The summed E-state index contributed by atoms with van der Waals surface area (Å²) in [6.45, 7) is 1.52. The molecule has 7 heteroatoms. The first-order valence-electron chi connectivity index (χ1n) is 10.2. The van der Waals surface area contributed by atoms with Gasteiger partial charge in [-0.1, -0.05) is 30.3 Å². The van der Waals surface area contributed by atoms with Crippen LogP contribution in [0.2, 0.25) is 0 Å². The van der Waals surface area contributed by atoms with E-state index in [1.807, 2.05) is 12.1 Å². The number of carboxylic acid groups (broad SMARTS) is 1. The van der Waals surface area contributed by atoms with Gasteiger partial charge in [-0.05, 0) is 55.9 Å². The van der Waals surface area contributed by atoms with E-state index in [1.54, 1.807) is 36.4 Å². The van der Waals surface area contributed by atoms with Crippen LogP contribution >= 0.6 is 0 Å². The van der Waals surface area contributed by atoms with Crippen molar-refractivity contribution in [2.75, 3.05) is 0 Å². The summed E-state index contributed by atoms with van der Waals surface area (Å²) in [5, 5.41) is 14.8. The zero-order valence-electron chi connectivity index (χ0n) is 17.1. The summed E-state index contributed by atoms with van der Waals surface area (Å²) >= 11 is 0. The van der Waals surface area contributed by atoms with Gasteiger partial charge in [-0.2, -0.15) is 0 Å². The molecular weight excluding hydrogens is 398 g/mol. The van der Waals surface area contributed by atoms with Gasteiger partial charge in [0.15, 0.2) is 6.10 Å². The number of rotatable bonds is 7. The van der Waals surface area contributed by atoms with Crippen LogP contribution in [0.3, 0.4) is 0 Å². The minimum absolute atomic E-state index is 0.105. The van der Waals surface area contributed by atoms with Crippen LogP contribution in [0.15, 0.2) is 57.7 Å². The van der Waals surface area contributed by atoms with Gasteiger partial charge in [0.1, 0.15) is 11.3 Å². The summed E-state index contributed by atoms with van der Waals surface area (Å²) in [6, 6.07) is 12.9. The molecule has 1 aliphatic rings. The Hall–Kier alpha value is -3.61. The monoisotopic (exact) mass is 420 g/mol. The number of aliphatic carboxylic acids is 1. The zero-order valence-corrected chi connectivity index (χ0v) is 17.1. The molecule has 2 atom stereocenters. The number of hydrogen-bond donors (Lipinski definition) is 1. The highest BCUT2D eigenvalue weighted by Gasteiger charge is 2.22. The second kappa shape index (κ2) is 8.63. The molecule has 0 bridgehead atoms. The smallest absolute Gasteiger partial charge is 0.339 e. The summed E-state index contributed by atoms with van der Waals surface area (Å²) in [6.07, 6.45) is 1.63. The van der Waals surface area contributed by atoms with Crippen molar-refractivity contribution in [1.29, 1.82) is 0 Å². The lowest BCUT2D eigenvalue weighted by Crippen LogP contribution is -2.52. The number of fused-ring (bicyclic) bond motifs is 3. The topological polar surface area (TPSA) is 109 Å². The molecule has 160 valence electrons. The quantitative estimate of drug-likeness (QED) is 0.581. The minimum Gasteiger partial charge on any atom is -0.548 e. The lowest BCUT2D eigenvalue weighted by Gasteiger charge is -2.22. The third-order valence-electron chi connectivity index (χ3n) is 5.51. The maximum absolute atomic E-state index is 12.5. The Morgan fingerprint density at radius 3 is 2.61 bits per heavy atom. The van der Waals surface area contributed by atoms with E-state index in [1.165, 1.54) is 6.92 Å². The molecule has 0 unspecified atom stereocenters. The number of carboxylic acids is 1. The van der Waals surface area contributed by atoms with E-state index < -0.39 is 24.0 Å². The van der Waals surface area contributed by atoms with Gasteiger partial charge in [-0.3, -0.25) is 4.79 Å². The lowest BCUT2D eigenvalue weighted by molar-refractivity contribution is -0.308. The van der Waals surface area contributed by atoms with Crippen molar-refractivity contribution in [1.82, 2.24) is 5.32 Å². The number of aryl methyl sites for hydroxylation is 1. The molecule has 4 rings (SSSR count). The van der Waals surface area contributed by atoms with Crippen LogP contribution < -0.4 is 20.8 Å². The van der Waals surface area contributed by atoms with E-state index in [0.29, 0.717) is 11.3 Å². The number of carbonyl (C=O) groups excluding carboxylic acids is 2. The second-order valence-corrected chi connectivity index (χ2v) is 7.69. The molecule has 0 fully saturated rings. The van der Waals surface area contributed by atoms with Gasteiger partial charge in [0.25, 0.3) is 5.91 Å². The number of benzene rings is 2. The first kappa shape index (κ1) is 20.7. The molecule has 31 heavy (non-hydrogen) atoms. The van der Waals surface area contributed by atoms with Crippen molar-refractivity contribution < 1.29 is 23.8 Å². The minimum atomic E-state index is -1.37. The fourth-order valence-electron chi connectivity index (χ4n) is 3.93. The first-order chi connectivity index (χ1) is 14.9. The van der Waals surface area contributed by atoms with Crippen LogP contribution in [-0.4, -0.2) is 24.0 Å². The summed E-state index contributed by atoms with van der Waals surface area (Å²) in [5.74, 6) is -1.60. The Labute approximate surface area is 178 Å². The summed E-state index contributed by atoms with van der Waals surface area (Å²) in [4.78, 5) is 36.2. The summed E-state index contributed by atoms with van der Waals surface area (Å²) < 4.78 is 11.1. The molecule has 2 aromatic carbocycles. The molecule has 1 N–H and O–H groups in total. The number of hydrogen-bond acceptors (Lipinski definition) is 6. The summed E-state index contributed by atoms with van der Waals surface area (Å²) in [7, 11) is 0. The average molecular weight is 420 g/mol. The van der Waals surface area contributed by atoms with Crippen molar-refractivity contribution in [2.24, 2.45) is 0 Å². The van der Waals surface area contributed by atoms with Crippen molar-refractivity contribution in [2.45, 2.75) is 44.8 Å². The van der Waals surface area contributed by atoms with Gasteiger partial charge in [-0.25, -0.2) is 4.79 Å². The molecule has 1 aromatic heterocycles. The molecule has 0 saturated carbocycles. The largest absolute Gasteiger partial charge is 0.548 e. The van der Waals surface area contributed by atoms with Crippen LogP contribution in [0.4, 0.5) is 0 Å². The third-order valence-corrected chi connectivity index (χ3v) is 5.51. The highest BCUT2D eigenvalue weighted by Crippen LogP contribution is 2.29. The predicted octanol–water partition coefficient (Wildman–Crippen LogP) is 1.53. The molecule has 0 spiro atoms. The van der Waals surface area contributed by atoms with Gasteiger partial charge in [0.2, 0.25) is 0 Å². The van der Waals surface area contributed by atoms with Gasteiger partial charge >= 0.3 is 5.63 Å². The second-order valence-electron chi connectivity index (χ2n) is 7.69. The Balaban J connectivity index is 1.46. The molecule has 0 saturated heterocycles. The van der Waals surface area contributed by atoms with Crippen molar-refractivity contribution in [3.63, 3.8) is 0 Å². The van der Waals surface area contributed by atoms with Crippen LogP contribution in [0.5, 0.6) is 5.75 Å². The van der Waals surface area contributed by atoms with E-state index in [2.05, 4.69) is 5.32 Å². The Kier molecular flexibility index (Phi) is 5.75. The third kappa shape index (κ3) is 4.45. The Morgan fingerprint density at radius 1 is 1.13 bits per heavy atom. The highest BCUT2D eigenvalue weighted by atomic mass is 16.5. The maximum Gasteiger partial charge on any atom is 0.339 e. The summed E-state index contributed by atoms with van der Waals surface area (Å²) in [5.41, 5.74) is 2.60. The molecule has 1 aliphatic carbocycles. The van der Waals surface area contributed by atoms with E-state index in [4.69, 9.17) is 9.15 Å². The molecule has 0 radical (unpaired) electrons. The predicted molar refractivity (Wildman–Crippen MR) is 112 cm³/mol. The van der Waals surface area contributed by atoms with E-state index in [9.17, 15) is 19.5 Å². The lowest BCUT2D eigenvalue weighted by atomic mass is 10.1. The molecular formula is C24H22NO6-. The SMILES string of the molecule is C[C@@H](Oc1ccc2c3c(c(=O)oc2c1)CCC3)C(=O)N[C@@H](Cc1ccccc1)C(=O)[O-]. The molecule has 3 aromatic rings. The van der Waals surface area contributed by atoms with Crippen molar-refractivity contribution in [3.05, 3.63) is 75.6 Å². The molecule has 1 amide bonds. The van der Waals surface area contributed by atoms with Crippen molar-refractivity contribution in [3.8, 4) is 5.75 Å². The number of amides is 1. The first-order valence-corrected chi connectivity index (χ1v) is 10.2. The normalized spacial score (nSPS) is 14.6. The van der Waals surface area contributed by atoms with Crippen LogP contribution in [0.25, 0.3) is 11.0 Å². The van der Waals surface area contributed by atoms with Crippen LogP contribution in [0, 0.1) is 0 Å². The Morgan fingerprint density at radius 2 is 1.87 bits per heavy atom. The van der Waals surface area contributed by atoms with Crippen LogP contribution in [-0.2, 0) is 28.9 Å². The van der Waals surface area contributed by atoms with Gasteiger partial charge in [0.05, 0.1) is 12.0 Å². The maximum atomic E-state index is 12.5. The van der Waals surface area contributed by atoms with E-state index in [-0.39, 0.29) is 12.0 Å². The van der Waals surface area contributed by atoms with Crippen molar-refractivity contribution >= 4 is 22.8 Å². The molecule has 7 nitrogen and oxygen atoms in total. The molecule has 0 aliphatic heterocycles. The fourth-order valence-corrected chi connectivity index (χ4v) is 3.93. The standard InChI is InChI=1S/C24H23NO6/c1-14(22(26)25-20(23(27)28)12-15-6-3-2-4-7-15)30-16-10-11-18-17-8-5-9-19(17)24(29)31-21(18)13-16/h2-4,6-7,10-11,13-14,20H,5,8-9,12H2,1H3,(H,25,26)(H,27,28)/p-1/t14-,20+/m1/s1. The molecule has 1 heterocycles. The average Bonchev–Trinajstić information content (AvgIpc) is 3.24. The van der Waals surface area contributed by atoms with E-state index >= 15 is 0 Å². The number of ether oxygens (including phenoxy) is 1. The van der Waals surface area contributed by atoms with Gasteiger partial charge in [0, 0.05) is 17.0 Å². The van der Waals surface area contributed by atoms with Gasteiger partial charge < -0.3 is 24.4 Å². The van der Waals surface area contributed by atoms with E-state index in [0.717, 1.165) is 41.3 Å². The highest BCUT2D eigenvalue weighted by molar-refractivity contribution is 5.86. The fraction of sp³-hybridized carbons (Fsp3) is 0.292. The Bertz CT molecular complexity index is 1180. The van der Waals surface area contributed by atoms with Gasteiger partial charge in [-0.15, -0.1) is 0 Å². The number of carbonyl (C=O) groups is 2. The zero-order chi connectivity index (χ0) is 22.0. The van der Waals surface area contributed by atoms with Crippen LogP contribution in [0.1, 0.15) is 30.0 Å². The number of nitrogens with one attached hydrogen (secondary N) is 1.